The summed E-state index contributed by atoms with van der Waals surface area (Å²) in [5.74, 6) is 0.652. The molecule has 0 unspecified atom stereocenters. The Balaban J connectivity index is 0.950. The van der Waals surface area contributed by atoms with Gasteiger partial charge in [-0.25, -0.2) is 14.8 Å². The van der Waals surface area contributed by atoms with Crippen molar-refractivity contribution in [2.45, 2.75) is 0 Å². The van der Waals surface area contributed by atoms with Gasteiger partial charge in [-0.1, -0.05) is 194 Å². The van der Waals surface area contributed by atoms with Crippen LogP contribution in [0.2, 0.25) is 0 Å². The molecule has 0 N–H and O–H groups in total. The lowest BCUT2D eigenvalue weighted by Gasteiger charge is -2.16. The van der Waals surface area contributed by atoms with E-state index in [-0.39, 0.29) is 0 Å². The zero-order valence-electron chi connectivity index (χ0n) is 35.0. The summed E-state index contributed by atoms with van der Waals surface area (Å²) in [4.78, 5) is 14.3. The number of hydrogen-bond donors (Lipinski definition) is 0. The van der Waals surface area contributed by atoms with E-state index >= 15 is 0 Å². The van der Waals surface area contributed by atoms with Gasteiger partial charge in [0.25, 0.3) is 0 Å². The molecule has 0 radical (unpaired) electrons. The molecule has 1 aliphatic rings. The van der Waals surface area contributed by atoms with E-state index in [0.29, 0.717) is 11.5 Å². The van der Waals surface area contributed by atoms with E-state index in [1.165, 1.54) is 44.2 Å². The predicted octanol–water partition coefficient (Wildman–Crippen LogP) is 16.9. The second-order valence-corrected chi connectivity index (χ2v) is 16.7. The summed E-state index contributed by atoms with van der Waals surface area (Å²) < 4.78 is 6.28. The molecule has 0 amide bonds. The first-order chi connectivity index (χ1) is 32.2. The van der Waals surface area contributed by atoms with Crippen molar-refractivity contribution < 1.29 is 4.42 Å². The predicted molar refractivity (Wildman–Crippen MR) is 268 cm³/mol. The largest absolute Gasteiger partial charge is 0.456 e. The van der Waals surface area contributed by atoms with E-state index in [1.807, 2.05) is 72.8 Å². The molecule has 10 aromatic carbocycles. The summed E-state index contributed by atoms with van der Waals surface area (Å²) in [5, 5.41) is 6.63. The standard InChI is InChI=1S/C61H35N3O/c1-62-53-21-10-18-45-42(17-9-19-48(45)53)37-24-26-38(27-25-37)43-32-34-49-46-14-5-6-15-47(46)50-35-33-44(59(43)60(49)50)39-28-30-41(31-29-39)55-36-54(40-12-3-2-4-13-40)63-61(64-55)52-20-11-23-57-58(52)51-16-7-8-22-56(51)65-57/h2-36H. The molecule has 0 saturated heterocycles. The van der Waals surface area contributed by atoms with Crippen molar-refractivity contribution in [1.29, 1.82) is 0 Å². The highest BCUT2D eigenvalue weighted by Gasteiger charge is 2.25. The van der Waals surface area contributed by atoms with Crippen molar-refractivity contribution in [2.75, 3.05) is 0 Å². The Bertz CT molecular complexity index is 3900. The van der Waals surface area contributed by atoms with E-state index in [4.69, 9.17) is 21.0 Å². The molecule has 2 heterocycles. The monoisotopic (exact) mass is 825 g/mol. The van der Waals surface area contributed by atoms with Crippen molar-refractivity contribution in [3.05, 3.63) is 224 Å². The minimum atomic E-state index is 0.652. The van der Waals surface area contributed by atoms with Gasteiger partial charge in [-0.3, -0.25) is 0 Å². The van der Waals surface area contributed by atoms with Crippen LogP contribution in [0.15, 0.2) is 217 Å². The van der Waals surface area contributed by atoms with E-state index < -0.39 is 0 Å². The zero-order valence-corrected chi connectivity index (χ0v) is 35.0. The van der Waals surface area contributed by atoms with Crippen LogP contribution in [0.1, 0.15) is 0 Å². The van der Waals surface area contributed by atoms with E-state index in [9.17, 15) is 0 Å². The van der Waals surface area contributed by atoms with Crippen LogP contribution in [0.25, 0.3) is 138 Å². The topological polar surface area (TPSA) is 43.3 Å². The summed E-state index contributed by atoms with van der Waals surface area (Å²) >= 11 is 0. The highest BCUT2D eigenvalue weighted by molar-refractivity contribution is 6.22. The second-order valence-electron chi connectivity index (χ2n) is 16.7. The van der Waals surface area contributed by atoms with Gasteiger partial charge in [0, 0.05) is 27.5 Å². The van der Waals surface area contributed by atoms with Crippen molar-refractivity contribution in [3.63, 3.8) is 0 Å². The van der Waals surface area contributed by atoms with E-state index in [1.54, 1.807) is 0 Å². The van der Waals surface area contributed by atoms with Crippen LogP contribution in [0.3, 0.4) is 0 Å². The molecule has 0 bridgehead atoms. The molecule has 1 aliphatic carbocycles. The molecule has 0 spiro atoms. The lowest BCUT2D eigenvalue weighted by Crippen LogP contribution is -1.96. The first kappa shape index (κ1) is 36.7. The molecule has 0 atom stereocenters. The maximum absolute atomic E-state index is 7.73. The Kier molecular flexibility index (Phi) is 8.24. The fourth-order valence-corrected chi connectivity index (χ4v) is 10.1. The number of rotatable bonds is 6. The Morgan fingerprint density at radius 2 is 0.800 bits per heavy atom. The lowest BCUT2D eigenvalue weighted by molar-refractivity contribution is 0.669. The maximum atomic E-state index is 7.73. The van der Waals surface area contributed by atoms with Crippen molar-refractivity contribution >= 4 is 49.2 Å². The minimum absolute atomic E-state index is 0.652. The van der Waals surface area contributed by atoms with Gasteiger partial charge in [-0.05, 0) is 95.4 Å². The van der Waals surface area contributed by atoms with Crippen molar-refractivity contribution in [1.82, 2.24) is 9.97 Å². The van der Waals surface area contributed by atoms with E-state index in [0.717, 1.165) is 83.0 Å². The molecular weight excluding hydrogens is 791 g/mol. The molecule has 4 heteroatoms. The number of fused-ring (bicyclic) bond motifs is 7. The van der Waals surface area contributed by atoms with Crippen molar-refractivity contribution in [2.24, 2.45) is 0 Å². The molecule has 13 rings (SSSR count). The van der Waals surface area contributed by atoms with Crippen LogP contribution >= 0.6 is 0 Å². The summed E-state index contributed by atoms with van der Waals surface area (Å²) in [5.41, 5.74) is 18.9. The van der Waals surface area contributed by atoms with Gasteiger partial charge >= 0.3 is 0 Å². The van der Waals surface area contributed by atoms with Crippen LogP contribution in [0, 0.1) is 6.57 Å². The summed E-state index contributed by atoms with van der Waals surface area (Å²) in [7, 11) is 0. The molecule has 4 nitrogen and oxygen atoms in total. The quantitative estimate of drug-likeness (QED) is 0.157. The fourth-order valence-electron chi connectivity index (χ4n) is 10.1. The first-order valence-corrected chi connectivity index (χ1v) is 21.8. The number of aromatic nitrogens is 2. The number of para-hydroxylation sites is 1. The fraction of sp³-hybridized carbons (Fsp3) is 0. The van der Waals surface area contributed by atoms with Gasteiger partial charge in [-0.15, -0.1) is 0 Å². The maximum Gasteiger partial charge on any atom is 0.194 e. The Hall–Kier alpha value is -8.91. The van der Waals surface area contributed by atoms with Gasteiger partial charge in [0.2, 0.25) is 0 Å². The normalized spacial score (nSPS) is 11.7. The smallest absolute Gasteiger partial charge is 0.194 e. The van der Waals surface area contributed by atoms with Crippen LogP contribution < -0.4 is 0 Å². The molecule has 65 heavy (non-hydrogen) atoms. The second kappa shape index (κ2) is 14.6. The average Bonchev–Trinajstić information content (AvgIpc) is 3.93. The van der Waals surface area contributed by atoms with Crippen molar-refractivity contribution in [3.8, 4) is 89.5 Å². The number of benzene rings is 10. The third kappa shape index (κ3) is 5.84. The van der Waals surface area contributed by atoms with Gasteiger partial charge in [0.05, 0.1) is 18.0 Å². The van der Waals surface area contributed by atoms with Gasteiger partial charge < -0.3 is 4.42 Å². The molecule has 300 valence electrons. The summed E-state index contributed by atoms with van der Waals surface area (Å²) in [6.07, 6.45) is 0. The van der Waals surface area contributed by atoms with E-state index in [2.05, 4.69) is 144 Å². The lowest BCUT2D eigenvalue weighted by atomic mass is 9.87. The summed E-state index contributed by atoms with van der Waals surface area (Å²) in [6.45, 7) is 7.73. The Morgan fingerprint density at radius 3 is 1.49 bits per heavy atom. The molecule has 2 aromatic heterocycles. The molecular formula is C61H35N3O. The van der Waals surface area contributed by atoms with Gasteiger partial charge in [-0.2, -0.15) is 0 Å². The highest BCUT2D eigenvalue weighted by Crippen LogP contribution is 2.52. The SMILES string of the molecule is [C-]#[N+]c1cccc2c(-c3ccc(-c4ccc5c6c(ccc(-c7ccc(-c8cc(-c9ccccc9)nc(-c9cccc%10oc%11ccccc%11c9%10)n8)cc7)c46)-c4ccccc4-5)cc3)cccc12. The van der Waals surface area contributed by atoms with Crippen LogP contribution in [0.4, 0.5) is 5.69 Å². The molecule has 0 fully saturated rings. The number of nitrogens with zero attached hydrogens (tertiary/aromatic N) is 3. The average molecular weight is 826 g/mol. The highest BCUT2D eigenvalue weighted by atomic mass is 16.3. The Labute approximate surface area is 375 Å². The van der Waals surface area contributed by atoms with Crippen LogP contribution in [-0.2, 0) is 0 Å². The zero-order chi connectivity index (χ0) is 43.0. The first-order valence-electron chi connectivity index (χ1n) is 21.8. The summed E-state index contributed by atoms with van der Waals surface area (Å²) in [6, 6.07) is 74.7. The number of furan rings is 1. The van der Waals surface area contributed by atoms with Crippen LogP contribution in [0.5, 0.6) is 0 Å². The third-order valence-electron chi connectivity index (χ3n) is 13.1. The molecule has 0 aliphatic heterocycles. The number of hydrogen-bond acceptors (Lipinski definition) is 3. The molecule has 0 saturated carbocycles. The third-order valence-corrected chi connectivity index (χ3v) is 13.1. The Morgan fingerprint density at radius 1 is 0.323 bits per heavy atom. The van der Waals surface area contributed by atoms with Crippen LogP contribution in [-0.4, -0.2) is 9.97 Å². The molecule has 12 aromatic rings. The van der Waals surface area contributed by atoms with Gasteiger partial charge in [0.15, 0.2) is 11.5 Å². The van der Waals surface area contributed by atoms with Gasteiger partial charge in [0.1, 0.15) is 11.2 Å². The minimum Gasteiger partial charge on any atom is -0.456 e.